The minimum atomic E-state index is -0.686. The lowest BCUT2D eigenvalue weighted by Gasteiger charge is -2.30. The Morgan fingerprint density at radius 3 is 2.83 bits per heavy atom. The van der Waals surface area contributed by atoms with Crippen molar-refractivity contribution in [2.75, 3.05) is 0 Å². The van der Waals surface area contributed by atoms with Gasteiger partial charge in [0.1, 0.15) is 11.9 Å². The van der Waals surface area contributed by atoms with Crippen molar-refractivity contribution in [3.63, 3.8) is 0 Å². The van der Waals surface area contributed by atoms with Gasteiger partial charge in [-0.3, -0.25) is 14.6 Å². The van der Waals surface area contributed by atoms with Crippen molar-refractivity contribution in [2.24, 2.45) is 4.99 Å². The molecule has 0 spiro atoms. The first-order valence-electron chi connectivity index (χ1n) is 8.87. The predicted octanol–water partition coefficient (Wildman–Crippen LogP) is 2.64. The lowest BCUT2D eigenvalue weighted by atomic mass is 9.85. The van der Waals surface area contributed by atoms with Gasteiger partial charge in [-0.05, 0) is 26.0 Å². The van der Waals surface area contributed by atoms with Crippen LogP contribution < -0.4 is 10.6 Å². The van der Waals surface area contributed by atoms with E-state index in [0.717, 1.165) is 6.07 Å². The number of allylic oxidation sites excluding steroid dienone is 1. The second-order valence-electron chi connectivity index (χ2n) is 6.70. The van der Waals surface area contributed by atoms with E-state index in [1.165, 1.54) is 12.1 Å². The number of nitriles is 2. The van der Waals surface area contributed by atoms with E-state index in [0.29, 0.717) is 11.3 Å². The molecule has 0 aromatic heterocycles. The monoisotopic (exact) mass is 394 g/mol. The summed E-state index contributed by atoms with van der Waals surface area (Å²) in [7, 11) is 0. The predicted molar refractivity (Wildman–Crippen MR) is 107 cm³/mol. The number of nitrogens with zero attached hydrogens (tertiary/aromatic N) is 3. The number of carbonyl (C=O) groups excluding carboxylic acids is 2. The first-order valence-corrected chi connectivity index (χ1v) is 8.87. The van der Waals surface area contributed by atoms with Crippen LogP contribution in [-0.2, 0) is 9.59 Å². The van der Waals surface area contributed by atoms with E-state index >= 15 is 0 Å². The number of hydrogen-bond acceptors (Lipinski definition) is 5. The third kappa shape index (κ3) is 3.92. The van der Waals surface area contributed by atoms with Crippen LogP contribution in [-0.4, -0.2) is 24.1 Å². The Labute approximate surface area is 170 Å². The second-order valence-corrected chi connectivity index (χ2v) is 6.70. The fourth-order valence-electron chi connectivity index (χ4n) is 3.37. The van der Waals surface area contributed by atoms with Crippen LogP contribution in [0.15, 0.2) is 45.6 Å². The first-order chi connectivity index (χ1) is 13.8. The number of halogens is 1. The van der Waals surface area contributed by atoms with E-state index in [1.54, 1.807) is 26.5 Å². The molecule has 3 rings (SSSR count). The highest BCUT2D eigenvalue weighted by Crippen LogP contribution is 2.31. The maximum Gasteiger partial charge on any atom is 0.249 e. The average Bonchev–Trinajstić information content (AvgIpc) is 2.68. The molecule has 149 valence electrons. The summed E-state index contributed by atoms with van der Waals surface area (Å²) in [5, 5.41) is 23.8. The number of hydrogen-bond donors (Lipinski definition) is 2. The molecule has 2 aliphatic rings. The smallest absolute Gasteiger partial charge is 0.249 e. The number of carbonyl (C=O) groups is 2. The number of aliphatic imine (C=N–C) groups is 1. The molecule has 1 aromatic carbocycles. The average molecular weight is 394 g/mol. The van der Waals surface area contributed by atoms with Gasteiger partial charge in [0.15, 0.2) is 0 Å². The lowest BCUT2D eigenvalue weighted by molar-refractivity contribution is -0.124. The van der Waals surface area contributed by atoms with Gasteiger partial charge in [0.05, 0.1) is 35.7 Å². The van der Waals surface area contributed by atoms with Gasteiger partial charge in [-0.15, -0.1) is 0 Å². The molecule has 0 saturated carbocycles. The molecular formula is C21H21FN5O2. The van der Waals surface area contributed by atoms with Crippen LogP contribution >= 0.6 is 0 Å². The van der Waals surface area contributed by atoms with E-state index in [1.807, 2.05) is 12.1 Å². The Kier molecular flexibility index (Phi) is 5.56. The molecule has 1 aromatic rings. The Morgan fingerprint density at radius 2 is 2.17 bits per heavy atom. The van der Waals surface area contributed by atoms with Gasteiger partial charge in [0, 0.05) is 37.9 Å². The van der Waals surface area contributed by atoms with Gasteiger partial charge in [0.25, 0.3) is 0 Å². The van der Waals surface area contributed by atoms with Crippen molar-refractivity contribution in [3.8, 4) is 12.1 Å². The van der Waals surface area contributed by atoms with Gasteiger partial charge in [-0.25, -0.2) is 4.39 Å². The molecule has 7 nitrogen and oxygen atoms in total. The molecule has 0 fully saturated rings. The van der Waals surface area contributed by atoms with E-state index in [2.05, 4.69) is 15.6 Å². The van der Waals surface area contributed by atoms with Crippen LogP contribution in [0.1, 0.15) is 40.3 Å². The zero-order chi connectivity index (χ0) is 21.1. The first kappa shape index (κ1) is 20.0. The van der Waals surface area contributed by atoms with Gasteiger partial charge in [-0.1, -0.05) is 6.07 Å². The molecule has 0 aliphatic carbocycles. The summed E-state index contributed by atoms with van der Waals surface area (Å²) in [6.07, 6.45) is 2.90. The van der Waals surface area contributed by atoms with Gasteiger partial charge < -0.3 is 10.6 Å². The van der Waals surface area contributed by atoms with Crippen molar-refractivity contribution >= 4 is 18.0 Å². The molecule has 2 aliphatic heterocycles. The lowest BCUT2D eigenvalue weighted by Crippen LogP contribution is -2.45. The third-order valence-electron chi connectivity index (χ3n) is 4.80. The Balaban J connectivity index is 0.00000240. The molecule has 8 heteroatoms. The topological polar surface area (TPSA) is 118 Å². The molecule has 2 N–H and O–H groups in total. The molecule has 2 amide bonds. The SMILES string of the molecule is CC1=C2C(C#N)=C(CC(=O)N[C@@H](C)c3ccc(C#N)cc3F)C(=O)NC2[CH]C=N1.[HH].[HH]. The third-order valence-corrected chi connectivity index (χ3v) is 4.80. The quantitative estimate of drug-likeness (QED) is 0.816. The van der Waals surface area contributed by atoms with Gasteiger partial charge in [0.2, 0.25) is 11.8 Å². The number of rotatable bonds is 4. The van der Waals surface area contributed by atoms with Gasteiger partial charge >= 0.3 is 0 Å². The normalized spacial score (nSPS) is 19.1. The number of nitrogens with one attached hydrogen (secondary N) is 2. The van der Waals surface area contributed by atoms with E-state index in [4.69, 9.17) is 5.26 Å². The minimum Gasteiger partial charge on any atom is -0.349 e. The summed E-state index contributed by atoms with van der Waals surface area (Å²) in [5.74, 6) is -1.63. The zero-order valence-electron chi connectivity index (χ0n) is 15.8. The van der Waals surface area contributed by atoms with Crippen molar-refractivity contribution in [1.82, 2.24) is 10.6 Å². The van der Waals surface area contributed by atoms with Crippen molar-refractivity contribution in [2.45, 2.75) is 32.4 Å². The maximum absolute atomic E-state index is 14.2. The summed E-state index contributed by atoms with van der Waals surface area (Å²) in [5.41, 5.74) is 1.75. The number of amides is 2. The van der Waals surface area contributed by atoms with Crippen LogP contribution in [0.4, 0.5) is 4.39 Å². The maximum atomic E-state index is 14.2. The fraction of sp³-hybridized carbons (Fsp3) is 0.238. The van der Waals surface area contributed by atoms with Crippen molar-refractivity contribution in [3.05, 3.63) is 64.0 Å². The van der Waals surface area contributed by atoms with Crippen LogP contribution in [0.3, 0.4) is 0 Å². The fourth-order valence-corrected chi connectivity index (χ4v) is 3.37. The Morgan fingerprint density at radius 1 is 1.41 bits per heavy atom. The van der Waals surface area contributed by atoms with Crippen LogP contribution in [0, 0.1) is 34.9 Å². The van der Waals surface area contributed by atoms with E-state index in [-0.39, 0.29) is 31.5 Å². The molecule has 1 unspecified atom stereocenters. The highest BCUT2D eigenvalue weighted by Gasteiger charge is 2.34. The molecular weight excluding hydrogens is 373 g/mol. The van der Waals surface area contributed by atoms with Crippen molar-refractivity contribution < 1.29 is 16.8 Å². The summed E-state index contributed by atoms with van der Waals surface area (Å²) in [6.45, 7) is 3.32. The summed E-state index contributed by atoms with van der Waals surface area (Å²) < 4.78 is 14.2. The highest BCUT2D eigenvalue weighted by molar-refractivity contribution is 6.03. The van der Waals surface area contributed by atoms with Crippen LogP contribution in [0.5, 0.6) is 0 Å². The Bertz CT molecular complexity index is 1080. The number of benzene rings is 1. The van der Waals surface area contributed by atoms with E-state index < -0.39 is 29.7 Å². The molecule has 2 heterocycles. The standard InChI is InChI=1S/C21H17FN5O2.2H2/c1-11(14-4-3-13(9-23)7-17(14)22)26-19(28)8-15-16(10-24)20-12(2)25-6-5-18(20)27-21(15)29;;/h3-7,11,18H,8H2,1-2H3,(H,26,28)(H,27,29);2*1H/t11-,18?;;/m0../s1. The van der Waals surface area contributed by atoms with Crippen LogP contribution in [0.2, 0.25) is 0 Å². The van der Waals surface area contributed by atoms with E-state index in [9.17, 15) is 19.2 Å². The van der Waals surface area contributed by atoms with Gasteiger partial charge in [-0.2, -0.15) is 10.5 Å². The zero-order valence-corrected chi connectivity index (χ0v) is 15.8. The highest BCUT2D eigenvalue weighted by atomic mass is 19.1. The van der Waals surface area contributed by atoms with Crippen LogP contribution in [0.25, 0.3) is 0 Å². The molecule has 0 saturated heterocycles. The summed E-state index contributed by atoms with van der Waals surface area (Å²) in [6, 6.07) is 6.72. The second kappa shape index (κ2) is 8.07. The largest absolute Gasteiger partial charge is 0.349 e. The minimum absolute atomic E-state index is 0. The van der Waals surface area contributed by atoms with Crippen molar-refractivity contribution in [1.29, 1.82) is 10.5 Å². The molecule has 29 heavy (non-hydrogen) atoms. The Hall–Kier alpha value is -3.78. The number of fused-ring (bicyclic) bond motifs is 1. The molecule has 1 radical (unpaired) electrons. The summed E-state index contributed by atoms with van der Waals surface area (Å²) in [4.78, 5) is 29.1. The molecule has 2 atom stereocenters. The molecule has 0 bridgehead atoms. The summed E-state index contributed by atoms with van der Waals surface area (Å²) >= 11 is 0.